The Morgan fingerprint density at radius 1 is 1.00 bits per heavy atom. The monoisotopic (exact) mass is 456 g/mol. The van der Waals surface area contributed by atoms with Crippen molar-refractivity contribution in [3.05, 3.63) is 89.4 Å². The van der Waals surface area contributed by atoms with Crippen molar-refractivity contribution in [2.45, 2.75) is 13.3 Å². The van der Waals surface area contributed by atoms with Gasteiger partial charge in [-0.05, 0) is 60.3 Å². The van der Waals surface area contributed by atoms with Crippen molar-refractivity contribution in [3.63, 3.8) is 0 Å². The van der Waals surface area contributed by atoms with E-state index < -0.39 is 0 Å². The number of carbonyl (C=O) groups is 1. The maximum absolute atomic E-state index is 12.8. The van der Waals surface area contributed by atoms with Crippen molar-refractivity contribution in [1.82, 2.24) is 4.98 Å². The molecule has 0 aliphatic carbocycles. The number of ether oxygens (including phenoxy) is 1. The molecule has 1 aromatic heterocycles. The van der Waals surface area contributed by atoms with Crippen molar-refractivity contribution in [1.29, 1.82) is 0 Å². The second kappa shape index (κ2) is 8.96. The Morgan fingerprint density at radius 3 is 2.70 bits per heavy atom. The van der Waals surface area contributed by atoms with Crippen molar-refractivity contribution in [3.8, 4) is 17.2 Å². The van der Waals surface area contributed by atoms with Crippen LogP contribution in [-0.4, -0.2) is 17.5 Å². The van der Waals surface area contributed by atoms with Crippen LogP contribution in [0, 0.1) is 0 Å². The van der Waals surface area contributed by atoms with Crippen LogP contribution in [0.25, 0.3) is 33.3 Å². The molecule has 164 valence electrons. The van der Waals surface area contributed by atoms with E-state index in [9.17, 15) is 4.79 Å². The molecule has 0 aliphatic heterocycles. The van der Waals surface area contributed by atoms with Crippen molar-refractivity contribution in [2.24, 2.45) is 0 Å². The quantitative estimate of drug-likeness (QED) is 0.290. The van der Waals surface area contributed by atoms with E-state index in [2.05, 4.69) is 10.3 Å². The van der Waals surface area contributed by atoms with E-state index in [4.69, 9.17) is 20.8 Å². The first-order valence-corrected chi connectivity index (χ1v) is 11.1. The molecule has 0 fully saturated rings. The molecule has 5 aromatic rings. The van der Waals surface area contributed by atoms with Gasteiger partial charge in [-0.1, -0.05) is 48.9 Å². The highest BCUT2D eigenvalue weighted by Gasteiger charge is 2.14. The second-order valence-corrected chi connectivity index (χ2v) is 8.08. The second-order valence-electron chi connectivity index (χ2n) is 7.67. The Bertz CT molecular complexity index is 1480. The molecule has 1 N–H and O–H groups in total. The number of fused-ring (bicyclic) bond motifs is 2. The van der Waals surface area contributed by atoms with Gasteiger partial charge in [-0.3, -0.25) is 4.79 Å². The number of hydrogen-bond donors (Lipinski definition) is 1. The predicted octanol–water partition coefficient (Wildman–Crippen LogP) is 7.34. The van der Waals surface area contributed by atoms with E-state index in [-0.39, 0.29) is 5.91 Å². The molecule has 33 heavy (non-hydrogen) atoms. The first kappa shape index (κ1) is 21.0. The van der Waals surface area contributed by atoms with Gasteiger partial charge in [0.15, 0.2) is 5.58 Å². The number of halogens is 1. The maximum atomic E-state index is 12.8. The molecule has 0 saturated carbocycles. The van der Waals surface area contributed by atoms with Crippen LogP contribution in [0.5, 0.6) is 5.75 Å². The average Bonchev–Trinajstić information content (AvgIpc) is 3.26. The number of amides is 1. The molecule has 4 aromatic carbocycles. The summed E-state index contributed by atoms with van der Waals surface area (Å²) in [5.41, 5.74) is 3.31. The number of carbonyl (C=O) groups excluding carboxylic acids is 1. The van der Waals surface area contributed by atoms with E-state index in [1.54, 1.807) is 30.3 Å². The minimum atomic E-state index is -0.219. The molecular weight excluding hydrogens is 436 g/mol. The Balaban J connectivity index is 1.43. The number of aromatic nitrogens is 1. The molecule has 1 amide bonds. The third kappa shape index (κ3) is 4.28. The molecule has 0 spiro atoms. The fraction of sp³-hybridized carbons (Fsp3) is 0.111. The zero-order chi connectivity index (χ0) is 22.8. The lowest BCUT2D eigenvalue weighted by Gasteiger charge is -2.08. The van der Waals surface area contributed by atoms with Crippen LogP contribution in [0.15, 0.2) is 83.3 Å². The number of benzene rings is 4. The highest BCUT2D eigenvalue weighted by atomic mass is 35.5. The number of nitrogens with zero attached hydrogens (tertiary/aromatic N) is 1. The first-order chi connectivity index (χ1) is 16.1. The zero-order valence-electron chi connectivity index (χ0n) is 18.0. The Kier molecular flexibility index (Phi) is 5.71. The van der Waals surface area contributed by atoms with Crippen LogP contribution in [0.3, 0.4) is 0 Å². The van der Waals surface area contributed by atoms with Crippen molar-refractivity contribution in [2.75, 3.05) is 11.9 Å². The number of rotatable bonds is 6. The van der Waals surface area contributed by atoms with Gasteiger partial charge >= 0.3 is 0 Å². The fourth-order valence-electron chi connectivity index (χ4n) is 3.73. The van der Waals surface area contributed by atoms with Crippen LogP contribution in [0.4, 0.5) is 5.69 Å². The van der Waals surface area contributed by atoms with Crippen LogP contribution < -0.4 is 10.1 Å². The summed E-state index contributed by atoms with van der Waals surface area (Å²) in [6, 6.07) is 24.2. The third-order valence-electron chi connectivity index (χ3n) is 5.31. The van der Waals surface area contributed by atoms with Gasteiger partial charge < -0.3 is 14.5 Å². The van der Waals surface area contributed by atoms with E-state index in [0.717, 1.165) is 22.8 Å². The first-order valence-electron chi connectivity index (χ1n) is 10.7. The summed E-state index contributed by atoms with van der Waals surface area (Å²) in [6.45, 7) is 2.65. The van der Waals surface area contributed by atoms with E-state index in [1.807, 2.05) is 55.5 Å². The summed E-state index contributed by atoms with van der Waals surface area (Å²) in [5.74, 6) is 0.960. The number of anilines is 1. The molecule has 0 radical (unpaired) electrons. The molecule has 1 heterocycles. The summed E-state index contributed by atoms with van der Waals surface area (Å²) < 4.78 is 11.6. The lowest BCUT2D eigenvalue weighted by Crippen LogP contribution is -2.12. The van der Waals surface area contributed by atoms with Crippen LogP contribution in [0.1, 0.15) is 23.7 Å². The summed E-state index contributed by atoms with van der Waals surface area (Å²) in [7, 11) is 0. The lowest BCUT2D eigenvalue weighted by atomic mass is 10.0. The standard InChI is InChI=1S/C27H21ClN2O3/c1-2-14-32-19-7-3-6-17(15-19)26(31)29-18-12-13-25-24(16-18)30-27(33-25)22-10-4-9-21-20(22)8-5-11-23(21)28/h3-13,15-16H,2,14H2,1H3,(H,29,31). The highest BCUT2D eigenvalue weighted by molar-refractivity contribution is 6.35. The Labute approximate surface area is 196 Å². The maximum Gasteiger partial charge on any atom is 0.255 e. The molecular formula is C27H21ClN2O3. The lowest BCUT2D eigenvalue weighted by molar-refractivity contribution is 0.102. The minimum Gasteiger partial charge on any atom is -0.494 e. The average molecular weight is 457 g/mol. The highest BCUT2D eigenvalue weighted by Crippen LogP contribution is 2.34. The SMILES string of the molecule is CCCOc1cccc(C(=O)Nc2ccc3oc(-c4cccc5c(Cl)cccc45)nc3c2)c1. The van der Waals surface area contributed by atoms with Crippen LogP contribution in [0.2, 0.25) is 5.02 Å². The third-order valence-corrected chi connectivity index (χ3v) is 5.64. The summed E-state index contributed by atoms with van der Waals surface area (Å²) in [4.78, 5) is 17.4. The minimum absolute atomic E-state index is 0.219. The van der Waals surface area contributed by atoms with Gasteiger partial charge in [0.1, 0.15) is 11.3 Å². The summed E-state index contributed by atoms with van der Waals surface area (Å²) >= 11 is 6.35. The van der Waals surface area contributed by atoms with E-state index in [1.165, 1.54) is 0 Å². The van der Waals surface area contributed by atoms with Gasteiger partial charge in [0.05, 0.1) is 6.61 Å². The Morgan fingerprint density at radius 2 is 1.82 bits per heavy atom. The molecule has 0 atom stereocenters. The molecule has 5 nitrogen and oxygen atoms in total. The smallest absolute Gasteiger partial charge is 0.255 e. The topological polar surface area (TPSA) is 64.4 Å². The molecule has 0 saturated heterocycles. The summed E-state index contributed by atoms with van der Waals surface area (Å²) in [5, 5.41) is 5.52. The summed E-state index contributed by atoms with van der Waals surface area (Å²) in [6.07, 6.45) is 0.905. The van der Waals surface area contributed by atoms with Crippen LogP contribution in [-0.2, 0) is 0 Å². The molecule has 0 aliphatic rings. The van der Waals surface area contributed by atoms with Gasteiger partial charge in [-0.25, -0.2) is 4.98 Å². The normalized spacial score (nSPS) is 11.1. The van der Waals surface area contributed by atoms with E-state index >= 15 is 0 Å². The molecule has 5 rings (SSSR count). The van der Waals surface area contributed by atoms with Gasteiger partial charge in [-0.15, -0.1) is 0 Å². The van der Waals surface area contributed by atoms with Gasteiger partial charge in [0.25, 0.3) is 5.91 Å². The predicted molar refractivity (Wildman–Crippen MR) is 132 cm³/mol. The van der Waals surface area contributed by atoms with Gasteiger partial charge in [0, 0.05) is 27.2 Å². The number of nitrogens with one attached hydrogen (secondary N) is 1. The fourth-order valence-corrected chi connectivity index (χ4v) is 3.97. The van der Waals surface area contributed by atoms with Crippen molar-refractivity contribution >= 4 is 45.1 Å². The number of oxazole rings is 1. The number of hydrogen-bond acceptors (Lipinski definition) is 4. The molecule has 6 heteroatoms. The molecule has 0 unspecified atom stereocenters. The zero-order valence-corrected chi connectivity index (χ0v) is 18.7. The van der Waals surface area contributed by atoms with Crippen molar-refractivity contribution < 1.29 is 13.9 Å². The van der Waals surface area contributed by atoms with Gasteiger partial charge in [-0.2, -0.15) is 0 Å². The Hall–Kier alpha value is -3.83. The van der Waals surface area contributed by atoms with Crippen LogP contribution >= 0.6 is 11.6 Å². The molecule has 0 bridgehead atoms. The largest absolute Gasteiger partial charge is 0.494 e. The van der Waals surface area contributed by atoms with E-state index in [0.29, 0.717) is 45.6 Å². The van der Waals surface area contributed by atoms with Gasteiger partial charge in [0.2, 0.25) is 5.89 Å².